The lowest BCUT2D eigenvalue weighted by Gasteiger charge is -2.35. The van der Waals surface area contributed by atoms with Crippen LogP contribution in [0.5, 0.6) is 5.75 Å². The van der Waals surface area contributed by atoms with Crippen LogP contribution in [0.3, 0.4) is 0 Å². The SMILES string of the molecule is Cc1cc(NC(=O)c2cc3ccccc3cc2O)ccc1N1CCN(C)CC1. The number of piperazine rings is 1. The first-order valence-corrected chi connectivity index (χ1v) is 9.58. The van der Waals surface area contributed by atoms with Gasteiger partial charge in [-0.2, -0.15) is 0 Å². The number of fused-ring (bicyclic) bond motifs is 1. The van der Waals surface area contributed by atoms with Gasteiger partial charge in [-0.1, -0.05) is 24.3 Å². The van der Waals surface area contributed by atoms with Crippen molar-refractivity contribution in [3.63, 3.8) is 0 Å². The standard InChI is InChI=1S/C23H25N3O2/c1-16-13-19(7-8-21(16)26-11-9-25(2)10-12-26)24-23(28)20-14-17-5-3-4-6-18(17)15-22(20)27/h3-8,13-15,27H,9-12H2,1-2H3,(H,24,28). The summed E-state index contributed by atoms with van der Waals surface area (Å²) in [7, 11) is 2.14. The number of phenols is 1. The van der Waals surface area contributed by atoms with Crippen molar-refractivity contribution in [2.75, 3.05) is 43.4 Å². The van der Waals surface area contributed by atoms with E-state index in [-0.39, 0.29) is 17.2 Å². The summed E-state index contributed by atoms with van der Waals surface area (Å²) in [6, 6.07) is 17.0. The Kier molecular flexibility index (Phi) is 4.92. The van der Waals surface area contributed by atoms with Gasteiger partial charge in [0, 0.05) is 37.6 Å². The minimum atomic E-state index is -0.310. The van der Waals surface area contributed by atoms with Gasteiger partial charge in [0.25, 0.3) is 5.91 Å². The van der Waals surface area contributed by atoms with E-state index in [4.69, 9.17) is 0 Å². The van der Waals surface area contributed by atoms with Crippen molar-refractivity contribution in [1.29, 1.82) is 0 Å². The van der Waals surface area contributed by atoms with Crippen molar-refractivity contribution in [3.05, 3.63) is 65.7 Å². The van der Waals surface area contributed by atoms with E-state index in [2.05, 4.69) is 35.2 Å². The van der Waals surface area contributed by atoms with E-state index in [1.807, 2.05) is 36.4 Å². The van der Waals surface area contributed by atoms with Crippen molar-refractivity contribution in [1.82, 2.24) is 4.90 Å². The van der Waals surface area contributed by atoms with Crippen molar-refractivity contribution in [2.24, 2.45) is 0 Å². The largest absolute Gasteiger partial charge is 0.507 e. The van der Waals surface area contributed by atoms with Crippen LogP contribution >= 0.6 is 0 Å². The van der Waals surface area contributed by atoms with Crippen molar-refractivity contribution >= 4 is 28.1 Å². The molecular weight excluding hydrogens is 350 g/mol. The predicted molar refractivity (Wildman–Crippen MR) is 114 cm³/mol. The highest BCUT2D eigenvalue weighted by Crippen LogP contribution is 2.28. The van der Waals surface area contributed by atoms with E-state index in [1.165, 1.54) is 5.69 Å². The van der Waals surface area contributed by atoms with Gasteiger partial charge in [-0.05, 0) is 60.6 Å². The molecule has 0 aliphatic carbocycles. The molecule has 1 fully saturated rings. The van der Waals surface area contributed by atoms with Crippen molar-refractivity contribution < 1.29 is 9.90 Å². The van der Waals surface area contributed by atoms with Crippen LogP contribution in [0.4, 0.5) is 11.4 Å². The second kappa shape index (κ2) is 7.52. The predicted octanol–water partition coefficient (Wildman–Crippen LogP) is 3.86. The molecule has 28 heavy (non-hydrogen) atoms. The highest BCUT2D eigenvalue weighted by molar-refractivity contribution is 6.08. The Bertz CT molecular complexity index is 1020. The summed E-state index contributed by atoms with van der Waals surface area (Å²) in [5.41, 5.74) is 3.34. The highest BCUT2D eigenvalue weighted by Gasteiger charge is 2.17. The molecule has 1 aliphatic rings. The highest BCUT2D eigenvalue weighted by atomic mass is 16.3. The molecule has 0 atom stereocenters. The molecule has 4 rings (SSSR count). The van der Waals surface area contributed by atoms with Gasteiger partial charge in [-0.15, -0.1) is 0 Å². The lowest BCUT2D eigenvalue weighted by molar-refractivity contribution is 0.102. The Morgan fingerprint density at radius 1 is 0.964 bits per heavy atom. The fourth-order valence-electron chi connectivity index (χ4n) is 3.74. The zero-order valence-corrected chi connectivity index (χ0v) is 16.3. The first-order chi connectivity index (χ1) is 13.5. The maximum Gasteiger partial charge on any atom is 0.259 e. The summed E-state index contributed by atoms with van der Waals surface area (Å²) < 4.78 is 0. The molecule has 1 saturated heterocycles. The number of amides is 1. The summed E-state index contributed by atoms with van der Waals surface area (Å²) in [6.07, 6.45) is 0. The van der Waals surface area contributed by atoms with E-state index in [1.54, 1.807) is 12.1 Å². The molecule has 3 aromatic rings. The number of nitrogens with one attached hydrogen (secondary N) is 1. The molecule has 1 amide bonds. The number of aryl methyl sites for hydroxylation is 1. The molecule has 1 aliphatic heterocycles. The molecule has 5 nitrogen and oxygen atoms in total. The lowest BCUT2D eigenvalue weighted by atomic mass is 10.1. The topological polar surface area (TPSA) is 55.8 Å². The zero-order valence-electron chi connectivity index (χ0n) is 16.3. The monoisotopic (exact) mass is 375 g/mol. The van der Waals surface area contributed by atoms with E-state index in [0.29, 0.717) is 0 Å². The molecule has 5 heteroatoms. The average Bonchev–Trinajstić information content (AvgIpc) is 2.68. The van der Waals surface area contributed by atoms with Gasteiger partial charge in [0.05, 0.1) is 5.56 Å². The van der Waals surface area contributed by atoms with Gasteiger partial charge in [-0.25, -0.2) is 0 Å². The third kappa shape index (κ3) is 3.66. The number of carbonyl (C=O) groups is 1. The summed E-state index contributed by atoms with van der Waals surface area (Å²) in [4.78, 5) is 17.4. The lowest BCUT2D eigenvalue weighted by Crippen LogP contribution is -2.44. The van der Waals surface area contributed by atoms with E-state index in [9.17, 15) is 9.90 Å². The number of anilines is 2. The van der Waals surface area contributed by atoms with Crippen molar-refractivity contribution in [3.8, 4) is 5.75 Å². The molecule has 0 spiro atoms. The quantitative estimate of drug-likeness (QED) is 0.730. The van der Waals surface area contributed by atoms with Gasteiger partial charge in [0.1, 0.15) is 5.75 Å². The molecule has 0 unspecified atom stereocenters. The fraction of sp³-hybridized carbons (Fsp3) is 0.261. The van der Waals surface area contributed by atoms with E-state index >= 15 is 0 Å². The number of phenolic OH excluding ortho intramolecular Hbond substituents is 1. The number of hydrogen-bond donors (Lipinski definition) is 2. The van der Waals surface area contributed by atoms with Gasteiger partial charge in [0.2, 0.25) is 0 Å². The number of likely N-dealkylation sites (N-methyl/N-ethyl adjacent to an activating group) is 1. The second-order valence-electron chi connectivity index (χ2n) is 7.46. The fourth-order valence-corrected chi connectivity index (χ4v) is 3.74. The summed E-state index contributed by atoms with van der Waals surface area (Å²) in [5.74, 6) is -0.322. The van der Waals surface area contributed by atoms with Gasteiger partial charge in [0.15, 0.2) is 0 Å². The third-order valence-corrected chi connectivity index (χ3v) is 5.41. The Labute approximate surface area is 165 Å². The Morgan fingerprint density at radius 3 is 2.32 bits per heavy atom. The number of hydrogen-bond acceptors (Lipinski definition) is 4. The first-order valence-electron chi connectivity index (χ1n) is 9.58. The number of nitrogens with zero attached hydrogens (tertiary/aromatic N) is 2. The van der Waals surface area contributed by atoms with Crippen LogP contribution in [0.15, 0.2) is 54.6 Å². The summed E-state index contributed by atoms with van der Waals surface area (Å²) in [5, 5.41) is 15.0. The second-order valence-corrected chi connectivity index (χ2v) is 7.46. The minimum Gasteiger partial charge on any atom is -0.507 e. The molecule has 1 heterocycles. The van der Waals surface area contributed by atoms with Crippen LogP contribution in [-0.4, -0.2) is 49.1 Å². The number of aromatic hydroxyl groups is 1. The molecular formula is C23H25N3O2. The number of carbonyl (C=O) groups excluding carboxylic acids is 1. The molecule has 0 bridgehead atoms. The maximum absolute atomic E-state index is 12.7. The minimum absolute atomic E-state index is 0.0121. The number of benzene rings is 3. The van der Waals surface area contributed by atoms with Crippen LogP contribution in [0.1, 0.15) is 15.9 Å². The van der Waals surface area contributed by atoms with E-state index < -0.39 is 0 Å². The third-order valence-electron chi connectivity index (χ3n) is 5.41. The summed E-state index contributed by atoms with van der Waals surface area (Å²) >= 11 is 0. The van der Waals surface area contributed by atoms with Crippen LogP contribution in [0.2, 0.25) is 0 Å². The molecule has 144 valence electrons. The van der Waals surface area contributed by atoms with Gasteiger partial charge < -0.3 is 20.2 Å². The molecule has 3 aromatic carbocycles. The van der Waals surface area contributed by atoms with Crippen LogP contribution in [0.25, 0.3) is 10.8 Å². The van der Waals surface area contributed by atoms with Crippen LogP contribution < -0.4 is 10.2 Å². The Balaban J connectivity index is 1.53. The molecule has 2 N–H and O–H groups in total. The van der Waals surface area contributed by atoms with E-state index in [0.717, 1.165) is 48.2 Å². The Morgan fingerprint density at radius 2 is 1.64 bits per heavy atom. The van der Waals surface area contributed by atoms with Crippen LogP contribution in [-0.2, 0) is 0 Å². The number of rotatable bonds is 3. The van der Waals surface area contributed by atoms with Gasteiger partial charge >= 0.3 is 0 Å². The van der Waals surface area contributed by atoms with Crippen molar-refractivity contribution in [2.45, 2.75) is 6.92 Å². The molecule has 0 saturated carbocycles. The zero-order chi connectivity index (χ0) is 19.7. The summed E-state index contributed by atoms with van der Waals surface area (Å²) in [6.45, 7) is 6.19. The van der Waals surface area contributed by atoms with Crippen LogP contribution in [0, 0.1) is 6.92 Å². The Hall–Kier alpha value is -3.05. The van der Waals surface area contributed by atoms with Gasteiger partial charge in [-0.3, -0.25) is 4.79 Å². The maximum atomic E-state index is 12.7. The first kappa shape index (κ1) is 18.3. The average molecular weight is 375 g/mol. The smallest absolute Gasteiger partial charge is 0.259 e. The molecule has 0 radical (unpaired) electrons. The molecule has 0 aromatic heterocycles. The normalized spacial score (nSPS) is 15.0.